The highest BCUT2D eigenvalue weighted by Gasteiger charge is 2.64. The van der Waals surface area contributed by atoms with Crippen LogP contribution in [0.3, 0.4) is 0 Å². The first-order valence-corrected chi connectivity index (χ1v) is 11.5. The number of rotatable bonds is 4. The molecule has 0 amide bonds. The third-order valence-corrected chi connectivity index (χ3v) is 8.39. The second kappa shape index (κ2) is 6.56. The molecule has 0 spiro atoms. The fraction of sp³-hybridized carbons (Fsp3) is 0.619. The molecule has 0 aromatic heterocycles. The van der Waals surface area contributed by atoms with E-state index in [-0.39, 0.29) is 29.5 Å². The van der Waals surface area contributed by atoms with E-state index in [0.717, 1.165) is 18.4 Å². The van der Waals surface area contributed by atoms with Crippen LogP contribution in [0, 0.1) is 22.7 Å². The normalized spacial score (nSPS) is 41.2. The van der Waals surface area contributed by atoms with Crippen molar-refractivity contribution < 1.29 is 33.6 Å². The van der Waals surface area contributed by atoms with Gasteiger partial charge >= 0.3 is 7.82 Å². The maximum atomic E-state index is 12.8. The van der Waals surface area contributed by atoms with E-state index in [0.29, 0.717) is 12.8 Å². The van der Waals surface area contributed by atoms with Gasteiger partial charge in [0.25, 0.3) is 0 Å². The summed E-state index contributed by atoms with van der Waals surface area (Å²) in [5, 5.41) is 11.4. The SMILES string of the molecule is C[C@]12C=CC(=O)C=C1CC[C@@H]1C2=CC[C@@]2(C)[C@H]1CC[C@]2(O)C(=O)COP(=O)(O)O. The van der Waals surface area contributed by atoms with Crippen molar-refractivity contribution in [1.82, 2.24) is 0 Å². The van der Waals surface area contributed by atoms with E-state index in [2.05, 4.69) is 17.5 Å². The van der Waals surface area contributed by atoms with Gasteiger partial charge in [0.05, 0.1) is 0 Å². The summed E-state index contributed by atoms with van der Waals surface area (Å²) >= 11 is 0. The van der Waals surface area contributed by atoms with E-state index in [4.69, 9.17) is 9.79 Å². The summed E-state index contributed by atoms with van der Waals surface area (Å²) in [6, 6.07) is 0. The van der Waals surface area contributed by atoms with E-state index in [1.54, 1.807) is 12.2 Å². The molecule has 0 aromatic rings. The molecule has 0 saturated heterocycles. The summed E-state index contributed by atoms with van der Waals surface area (Å²) in [5.74, 6) is -0.384. The first kappa shape index (κ1) is 20.9. The lowest BCUT2D eigenvalue weighted by Gasteiger charge is -2.53. The molecule has 158 valence electrons. The number of fused-ring (bicyclic) bond motifs is 5. The monoisotopic (exact) mass is 422 g/mol. The number of Topliss-reactive ketones (excluding diaryl/α,β-unsaturated/α-hetero) is 1. The number of carbonyl (C=O) groups is 2. The van der Waals surface area contributed by atoms with E-state index in [9.17, 15) is 19.3 Å². The highest BCUT2D eigenvalue weighted by atomic mass is 31.2. The van der Waals surface area contributed by atoms with E-state index in [1.807, 2.05) is 13.0 Å². The van der Waals surface area contributed by atoms with Crippen molar-refractivity contribution in [3.63, 3.8) is 0 Å². The van der Waals surface area contributed by atoms with Crippen LogP contribution in [-0.4, -0.2) is 38.7 Å². The maximum absolute atomic E-state index is 12.8. The molecule has 4 aliphatic rings. The van der Waals surface area contributed by atoms with Crippen LogP contribution in [0.2, 0.25) is 0 Å². The van der Waals surface area contributed by atoms with Gasteiger partial charge in [-0.3, -0.25) is 14.1 Å². The molecule has 3 N–H and O–H groups in total. The Labute approximate surface area is 169 Å². The van der Waals surface area contributed by atoms with Crippen LogP contribution in [0.1, 0.15) is 46.0 Å². The van der Waals surface area contributed by atoms with Crippen molar-refractivity contribution in [3.05, 3.63) is 35.5 Å². The summed E-state index contributed by atoms with van der Waals surface area (Å²) < 4.78 is 15.4. The first-order valence-electron chi connectivity index (χ1n) is 10.0. The average Bonchev–Trinajstić information content (AvgIpc) is 2.92. The molecule has 2 fully saturated rings. The zero-order valence-corrected chi connectivity index (χ0v) is 17.5. The van der Waals surface area contributed by atoms with Gasteiger partial charge in [0, 0.05) is 10.8 Å². The largest absolute Gasteiger partial charge is 0.470 e. The van der Waals surface area contributed by atoms with Crippen LogP contribution in [0.5, 0.6) is 0 Å². The van der Waals surface area contributed by atoms with Crippen LogP contribution in [0.4, 0.5) is 0 Å². The molecule has 0 heterocycles. The number of carbonyl (C=O) groups excluding carboxylic acids is 2. The summed E-state index contributed by atoms with van der Waals surface area (Å²) in [4.78, 5) is 42.4. The van der Waals surface area contributed by atoms with E-state index in [1.165, 1.54) is 5.57 Å². The van der Waals surface area contributed by atoms with Crippen molar-refractivity contribution in [2.45, 2.75) is 51.6 Å². The van der Waals surface area contributed by atoms with Gasteiger partial charge in [-0.2, -0.15) is 0 Å². The lowest BCUT2D eigenvalue weighted by Crippen LogP contribution is -2.55. The highest BCUT2D eigenvalue weighted by Crippen LogP contribution is 2.65. The number of allylic oxidation sites excluding steroid dienone is 6. The molecular formula is C21H27O7P. The lowest BCUT2D eigenvalue weighted by molar-refractivity contribution is -0.155. The fourth-order valence-corrected chi connectivity index (χ4v) is 6.54. The summed E-state index contributed by atoms with van der Waals surface area (Å²) in [6.45, 7) is 3.23. The Balaban J connectivity index is 1.66. The number of phosphoric ester groups is 1. The Bertz CT molecular complexity index is 912. The van der Waals surface area contributed by atoms with Gasteiger partial charge in [0.15, 0.2) is 11.6 Å². The van der Waals surface area contributed by atoms with Crippen molar-refractivity contribution in [2.75, 3.05) is 6.61 Å². The van der Waals surface area contributed by atoms with Crippen LogP contribution in [0.25, 0.3) is 0 Å². The zero-order chi connectivity index (χ0) is 21.2. The summed E-state index contributed by atoms with van der Waals surface area (Å²) in [6.07, 6.45) is 10.5. The van der Waals surface area contributed by atoms with Crippen molar-refractivity contribution in [3.8, 4) is 0 Å². The summed E-state index contributed by atoms with van der Waals surface area (Å²) in [5.41, 5.74) is -0.321. The van der Waals surface area contributed by atoms with Crippen LogP contribution in [0.15, 0.2) is 35.5 Å². The molecule has 0 radical (unpaired) electrons. The number of hydrogen-bond acceptors (Lipinski definition) is 5. The molecule has 0 aromatic carbocycles. The van der Waals surface area contributed by atoms with Gasteiger partial charge in [-0.25, -0.2) is 4.57 Å². The van der Waals surface area contributed by atoms with Crippen molar-refractivity contribution >= 4 is 19.4 Å². The second-order valence-corrected chi connectivity index (χ2v) is 10.5. The maximum Gasteiger partial charge on any atom is 0.470 e. The Morgan fingerprint density at radius 1 is 1.31 bits per heavy atom. The van der Waals surface area contributed by atoms with Gasteiger partial charge in [0.2, 0.25) is 0 Å². The predicted molar refractivity (Wildman–Crippen MR) is 105 cm³/mol. The van der Waals surface area contributed by atoms with Crippen molar-refractivity contribution in [2.24, 2.45) is 22.7 Å². The van der Waals surface area contributed by atoms with E-state index >= 15 is 0 Å². The quantitative estimate of drug-likeness (QED) is 0.470. The van der Waals surface area contributed by atoms with Gasteiger partial charge in [-0.05, 0) is 63.0 Å². The van der Waals surface area contributed by atoms with Crippen LogP contribution < -0.4 is 0 Å². The summed E-state index contributed by atoms with van der Waals surface area (Å²) in [7, 11) is -4.79. The van der Waals surface area contributed by atoms with E-state index < -0.39 is 31.2 Å². The average molecular weight is 422 g/mol. The minimum Gasteiger partial charge on any atom is -0.381 e. The fourth-order valence-electron chi connectivity index (χ4n) is 6.25. The minimum absolute atomic E-state index is 0.0167. The molecular weight excluding hydrogens is 395 g/mol. The Morgan fingerprint density at radius 3 is 2.72 bits per heavy atom. The van der Waals surface area contributed by atoms with Gasteiger partial charge < -0.3 is 14.9 Å². The third-order valence-electron chi connectivity index (χ3n) is 7.93. The molecule has 8 heteroatoms. The lowest BCUT2D eigenvalue weighted by atomic mass is 9.51. The van der Waals surface area contributed by atoms with Crippen LogP contribution in [-0.2, 0) is 18.7 Å². The molecule has 4 rings (SSSR count). The molecule has 7 nitrogen and oxygen atoms in total. The molecule has 5 atom stereocenters. The molecule has 0 unspecified atom stereocenters. The highest BCUT2D eigenvalue weighted by molar-refractivity contribution is 7.46. The van der Waals surface area contributed by atoms with Gasteiger partial charge in [-0.1, -0.05) is 30.2 Å². The smallest absolute Gasteiger partial charge is 0.381 e. The number of aliphatic hydroxyl groups is 1. The predicted octanol–water partition coefficient (Wildman–Crippen LogP) is 2.62. The van der Waals surface area contributed by atoms with Crippen molar-refractivity contribution in [1.29, 1.82) is 0 Å². The van der Waals surface area contributed by atoms with Gasteiger partial charge in [0.1, 0.15) is 12.2 Å². The molecule has 0 bridgehead atoms. The number of phosphoric acid groups is 1. The topological polar surface area (TPSA) is 121 Å². The number of hydrogen-bond donors (Lipinski definition) is 3. The Hall–Kier alpha value is -1.37. The number of ketones is 2. The van der Waals surface area contributed by atoms with Crippen LogP contribution >= 0.6 is 7.82 Å². The molecule has 0 aliphatic heterocycles. The Kier molecular flexibility index (Phi) is 4.73. The minimum atomic E-state index is -4.79. The Morgan fingerprint density at radius 2 is 2.03 bits per heavy atom. The first-order chi connectivity index (χ1) is 13.4. The zero-order valence-electron chi connectivity index (χ0n) is 16.6. The molecule has 29 heavy (non-hydrogen) atoms. The molecule has 2 saturated carbocycles. The third kappa shape index (κ3) is 3.06. The van der Waals surface area contributed by atoms with Gasteiger partial charge in [-0.15, -0.1) is 0 Å². The second-order valence-electron chi connectivity index (χ2n) is 9.23. The molecule has 4 aliphatic carbocycles. The standard InChI is InChI=1S/C21H27O7P/c1-19-8-5-14(22)11-13(19)3-4-15-16(19)6-9-20(2)17(15)7-10-21(20,24)18(23)12-28-29(25,26)27/h5-6,8,11,15,17,24H,3-4,7,9-10,12H2,1-2H3,(H2,25,26,27)/t15-,17+,19+,20+,21+/m1/s1.